The van der Waals surface area contributed by atoms with Crippen molar-refractivity contribution in [2.24, 2.45) is 5.92 Å². The zero-order chi connectivity index (χ0) is 17.4. The van der Waals surface area contributed by atoms with E-state index in [0.717, 1.165) is 17.8 Å². The predicted molar refractivity (Wildman–Crippen MR) is 94.0 cm³/mol. The summed E-state index contributed by atoms with van der Waals surface area (Å²) in [4.78, 5) is 26.6. The number of carbonyl (C=O) groups is 2. The maximum atomic E-state index is 12.7. The van der Waals surface area contributed by atoms with Gasteiger partial charge in [0.15, 0.2) is 0 Å². The van der Waals surface area contributed by atoms with Gasteiger partial charge in [0.2, 0.25) is 5.91 Å². The summed E-state index contributed by atoms with van der Waals surface area (Å²) in [5, 5.41) is 10.0. The van der Waals surface area contributed by atoms with E-state index in [1.165, 1.54) is 12.8 Å². The first-order valence-corrected chi connectivity index (χ1v) is 8.59. The molecule has 3 amide bonds. The normalized spacial score (nSPS) is 19.8. The van der Waals surface area contributed by atoms with Crippen molar-refractivity contribution in [1.82, 2.24) is 14.7 Å². The molecule has 2 N–H and O–H groups in total. The predicted octanol–water partition coefficient (Wildman–Crippen LogP) is 2.67. The van der Waals surface area contributed by atoms with Crippen LogP contribution in [-0.4, -0.2) is 32.7 Å². The van der Waals surface area contributed by atoms with Crippen LogP contribution in [0.3, 0.4) is 0 Å². The Morgan fingerprint density at radius 2 is 2.16 bits per heavy atom. The first-order valence-electron chi connectivity index (χ1n) is 8.59. The minimum Gasteiger partial charge on any atom is -0.324 e. The highest BCUT2D eigenvalue weighted by Crippen LogP contribution is 2.30. The number of hydrogen-bond acceptors (Lipinski definition) is 3. The van der Waals surface area contributed by atoms with Crippen molar-refractivity contribution in [3.8, 4) is 0 Å². The number of para-hydroxylation sites is 1. The van der Waals surface area contributed by atoms with Gasteiger partial charge in [-0.15, -0.1) is 0 Å². The topological polar surface area (TPSA) is 79.3 Å². The second-order valence-corrected chi connectivity index (χ2v) is 6.77. The highest BCUT2D eigenvalue weighted by molar-refractivity contribution is 6.00. The van der Waals surface area contributed by atoms with Crippen molar-refractivity contribution in [2.45, 2.75) is 38.9 Å². The van der Waals surface area contributed by atoms with Crippen LogP contribution in [0.2, 0.25) is 0 Å². The van der Waals surface area contributed by atoms with Crippen molar-refractivity contribution in [3.63, 3.8) is 0 Å². The zero-order valence-electron chi connectivity index (χ0n) is 14.1. The molecule has 0 spiro atoms. The van der Waals surface area contributed by atoms with Crippen LogP contribution in [0, 0.1) is 5.92 Å². The summed E-state index contributed by atoms with van der Waals surface area (Å²) in [5.41, 5.74) is 2.32. The fraction of sp³-hybridized carbons (Fsp3) is 0.389. The lowest BCUT2D eigenvalue weighted by Crippen LogP contribution is -2.45. The van der Waals surface area contributed by atoms with Crippen LogP contribution in [0.25, 0.3) is 0 Å². The summed E-state index contributed by atoms with van der Waals surface area (Å²) >= 11 is 0. The number of nitrogens with zero attached hydrogens (tertiary/aromatic N) is 3. The fourth-order valence-electron chi connectivity index (χ4n) is 3.02. The number of carbonyl (C=O) groups excluding carboxylic acids is 2. The van der Waals surface area contributed by atoms with E-state index in [4.69, 9.17) is 0 Å². The van der Waals surface area contributed by atoms with Crippen molar-refractivity contribution in [3.05, 3.63) is 42.2 Å². The molecule has 1 saturated carbocycles. The molecule has 2 heterocycles. The summed E-state index contributed by atoms with van der Waals surface area (Å²) in [6, 6.07) is 6.68. The summed E-state index contributed by atoms with van der Waals surface area (Å²) in [5.74, 6) is 0.527. The van der Waals surface area contributed by atoms with E-state index in [1.54, 1.807) is 18.0 Å². The first-order chi connectivity index (χ1) is 12.1. The SMILES string of the molecule is C[C@H]1C(=O)Nc2ccccc2CN1C(=O)Nc1cnn(CC2CC2)c1. The number of anilines is 2. The molecule has 7 heteroatoms. The molecule has 1 aromatic carbocycles. The molecule has 0 radical (unpaired) electrons. The number of nitrogens with one attached hydrogen (secondary N) is 2. The summed E-state index contributed by atoms with van der Waals surface area (Å²) < 4.78 is 1.86. The Kier molecular flexibility index (Phi) is 3.91. The van der Waals surface area contributed by atoms with Crippen LogP contribution < -0.4 is 10.6 Å². The highest BCUT2D eigenvalue weighted by atomic mass is 16.2. The maximum absolute atomic E-state index is 12.7. The van der Waals surface area contributed by atoms with E-state index in [2.05, 4.69) is 15.7 Å². The summed E-state index contributed by atoms with van der Waals surface area (Å²) in [7, 11) is 0. The van der Waals surface area contributed by atoms with Gasteiger partial charge in [-0.2, -0.15) is 5.10 Å². The molecule has 0 saturated heterocycles. The molecule has 0 bridgehead atoms. The van der Waals surface area contributed by atoms with Crippen molar-refractivity contribution in [2.75, 3.05) is 10.6 Å². The first kappa shape index (κ1) is 15.7. The van der Waals surface area contributed by atoms with Crippen molar-refractivity contribution in [1.29, 1.82) is 0 Å². The van der Waals surface area contributed by atoms with Gasteiger partial charge in [-0.25, -0.2) is 4.79 Å². The Balaban J connectivity index is 1.49. The number of hydrogen-bond donors (Lipinski definition) is 2. The third kappa shape index (κ3) is 3.35. The third-order valence-electron chi connectivity index (χ3n) is 4.75. The number of amides is 3. The van der Waals surface area contributed by atoms with Crippen molar-refractivity contribution >= 4 is 23.3 Å². The molecular formula is C18H21N5O2. The van der Waals surface area contributed by atoms with Crippen LogP contribution in [0.5, 0.6) is 0 Å². The van der Waals surface area contributed by atoms with Gasteiger partial charge in [-0.3, -0.25) is 9.48 Å². The molecule has 1 aliphatic heterocycles. The lowest BCUT2D eigenvalue weighted by molar-refractivity contribution is -0.119. The Labute approximate surface area is 146 Å². The molecule has 4 rings (SSSR count). The average molecular weight is 339 g/mol. The van der Waals surface area contributed by atoms with Crippen LogP contribution in [0.1, 0.15) is 25.3 Å². The van der Waals surface area contributed by atoms with Gasteiger partial charge < -0.3 is 15.5 Å². The van der Waals surface area contributed by atoms with Crippen LogP contribution in [-0.2, 0) is 17.9 Å². The Bertz CT molecular complexity index is 811. The van der Waals surface area contributed by atoms with Gasteiger partial charge in [0.1, 0.15) is 6.04 Å². The fourth-order valence-corrected chi connectivity index (χ4v) is 3.02. The van der Waals surface area contributed by atoms with Gasteiger partial charge >= 0.3 is 6.03 Å². The number of rotatable bonds is 3. The van der Waals surface area contributed by atoms with E-state index >= 15 is 0 Å². The monoisotopic (exact) mass is 339 g/mol. The zero-order valence-corrected chi connectivity index (χ0v) is 14.1. The molecule has 130 valence electrons. The third-order valence-corrected chi connectivity index (χ3v) is 4.75. The molecule has 1 aromatic heterocycles. The Morgan fingerprint density at radius 3 is 2.96 bits per heavy atom. The maximum Gasteiger partial charge on any atom is 0.322 e. The standard InChI is InChI=1S/C18H21N5O2/c1-12-17(24)21-16-5-3-2-4-14(16)10-23(12)18(25)20-15-8-19-22(11-15)9-13-6-7-13/h2-5,8,11-13H,6-7,9-10H2,1H3,(H,20,25)(H,21,24)/t12-/m0/s1. The average Bonchev–Trinajstić information content (AvgIpc) is 3.32. The van der Waals surface area contributed by atoms with Crippen LogP contribution in [0.15, 0.2) is 36.7 Å². The molecule has 1 fully saturated rings. The molecule has 1 aliphatic carbocycles. The van der Waals surface area contributed by atoms with E-state index in [-0.39, 0.29) is 11.9 Å². The van der Waals surface area contributed by atoms with Gasteiger partial charge in [0, 0.05) is 18.4 Å². The van der Waals surface area contributed by atoms with Crippen LogP contribution >= 0.6 is 0 Å². The molecule has 2 aliphatic rings. The van der Waals surface area contributed by atoms with Gasteiger partial charge in [0.05, 0.1) is 18.4 Å². The molecule has 25 heavy (non-hydrogen) atoms. The molecule has 7 nitrogen and oxygen atoms in total. The molecular weight excluding hydrogens is 318 g/mol. The number of urea groups is 1. The van der Waals surface area contributed by atoms with Crippen LogP contribution in [0.4, 0.5) is 16.2 Å². The second-order valence-electron chi connectivity index (χ2n) is 6.77. The molecule has 0 unspecified atom stereocenters. The number of fused-ring (bicyclic) bond motifs is 1. The minimum absolute atomic E-state index is 0.190. The largest absolute Gasteiger partial charge is 0.324 e. The Morgan fingerprint density at radius 1 is 1.36 bits per heavy atom. The summed E-state index contributed by atoms with van der Waals surface area (Å²) in [6.45, 7) is 3.00. The lowest BCUT2D eigenvalue weighted by Gasteiger charge is -2.25. The van der Waals surface area contributed by atoms with Gasteiger partial charge in [-0.05, 0) is 37.3 Å². The molecule has 1 atom stereocenters. The highest BCUT2D eigenvalue weighted by Gasteiger charge is 2.30. The minimum atomic E-state index is -0.561. The second kappa shape index (κ2) is 6.23. The van der Waals surface area contributed by atoms with Gasteiger partial charge in [-0.1, -0.05) is 18.2 Å². The summed E-state index contributed by atoms with van der Waals surface area (Å²) in [6.07, 6.45) is 5.99. The smallest absolute Gasteiger partial charge is 0.322 e. The van der Waals surface area contributed by atoms with E-state index < -0.39 is 6.04 Å². The lowest BCUT2D eigenvalue weighted by atomic mass is 10.1. The van der Waals surface area contributed by atoms with E-state index in [1.807, 2.05) is 35.1 Å². The molecule has 2 aromatic rings. The van der Waals surface area contributed by atoms with E-state index in [0.29, 0.717) is 18.2 Å². The Hall–Kier alpha value is -2.83. The number of aromatic nitrogens is 2. The van der Waals surface area contributed by atoms with Gasteiger partial charge in [0.25, 0.3) is 0 Å². The number of benzene rings is 1. The van der Waals surface area contributed by atoms with Crippen molar-refractivity contribution < 1.29 is 9.59 Å². The van der Waals surface area contributed by atoms with E-state index in [9.17, 15) is 9.59 Å². The quantitative estimate of drug-likeness (QED) is 0.902.